The molecule has 0 fully saturated rings. The molecule has 5 heteroatoms. The van der Waals surface area contributed by atoms with Crippen LogP contribution in [-0.2, 0) is 19.4 Å². The number of amides is 1. The molecule has 0 saturated carbocycles. The molecular weight excluding hydrogens is 412 g/mol. The molecule has 2 aromatic carbocycles. The summed E-state index contributed by atoms with van der Waals surface area (Å²) in [6.07, 6.45) is 5.10. The Balaban J connectivity index is 2.05. The fourth-order valence-electron chi connectivity index (χ4n) is 4.51. The SMILES string of the molecule is CCCCCc1c(-c2ccc(C)cc2)c(C(N)=O)c(C)n1CCc1ccc(OC)c(OC)c1. The van der Waals surface area contributed by atoms with Crippen LogP contribution in [-0.4, -0.2) is 24.7 Å². The van der Waals surface area contributed by atoms with Crippen LogP contribution in [0.25, 0.3) is 11.1 Å². The lowest BCUT2D eigenvalue weighted by Crippen LogP contribution is -2.14. The van der Waals surface area contributed by atoms with Gasteiger partial charge in [-0.2, -0.15) is 0 Å². The summed E-state index contributed by atoms with van der Waals surface area (Å²) in [4.78, 5) is 12.6. The van der Waals surface area contributed by atoms with Gasteiger partial charge in [0.25, 0.3) is 5.91 Å². The van der Waals surface area contributed by atoms with Crippen molar-refractivity contribution < 1.29 is 14.3 Å². The van der Waals surface area contributed by atoms with E-state index >= 15 is 0 Å². The van der Waals surface area contributed by atoms with Crippen LogP contribution in [0.3, 0.4) is 0 Å². The van der Waals surface area contributed by atoms with Crippen LogP contribution in [0.2, 0.25) is 0 Å². The molecule has 0 atom stereocenters. The van der Waals surface area contributed by atoms with Gasteiger partial charge in [-0.25, -0.2) is 0 Å². The Morgan fingerprint density at radius 1 is 0.939 bits per heavy atom. The highest BCUT2D eigenvalue weighted by Gasteiger charge is 2.24. The van der Waals surface area contributed by atoms with Crippen LogP contribution >= 0.6 is 0 Å². The first-order valence-electron chi connectivity index (χ1n) is 11.7. The molecule has 176 valence electrons. The summed E-state index contributed by atoms with van der Waals surface area (Å²) in [6.45, 7) is 7.04. The maximum Gasteiger partial charge on any atom is 0.251 e. The van der Waals surface area contributed by atoms with Crippen molar-refractivity contribution in [2.24, 2.45) is 5.73 Å². The van der Waals surface area contributed by atoms with E-state index in [0.29, 0.717) is 5.56 Å². The van der Waals surface area contributed by atoms with Crippen molar-refractivity contribution >= 4 is 5.91 Å². The summed E-state index contributed by atoms with van der Waals surface area (Å²) in [5.74, 6) is 1.07. The van der Waals surface area contributed by atoms with Gasteiger partial charge in [0.1, 0.15) is 0 Å². The average molecular weight is 449 g/mol. The Morgan fingerprint density at radius 3 is 2.24 bits per heavy atom. The minimum Gasteiger partial charge on any atom is -0.493 e. The number of methoxy groups -OCH3 is 2. The van der Waals surface area contributed by atoms with Gasteiger partial charge in [-0.3, -0.25) is 4.79 Å². The number of nitrogens with zero attached hydrogens (tertiary/aromatic N) is 1. The van der Waals surface area contributed by atoms with Crippen LogP contribution in [0.1, 0.15) is 59.1 Å². The van der Waals surface area contributed by atoms with Crippen molar-refractivity contribution in [1.82, 2.24) is 4.57 Å². The summed E-state index contributed by atoms with van der Waals surface area (Å²) in [6, 6.07) is 14.4. The van der Waals surface area contributed by atoms with E-state index in [4.69, 9.17) is 15.2 Å². The smallest absolute Gasteiger partial charge is 0.251 e. The number of nitrogens with two attached hydrogens (primary N) is 1. The van der Waals surface area contributed by atoms with E-state index in [2.05, 4.69) is 48.7 Å². The third-order valence-electron chi connectivity index (χ3n) is 6.31. The number of rotatable bonds is 11. The Bertz CT molecular complexity index is 1100. The molecule has 1 heterocycles. The molecular formula is C28H36N2O3. The Kier molecular flexibility index (Phi) is 8.21. The maximum absolute atomic E-state index is 12.6. The Morgan fingerprint density at radius 2 is 1.64 bits per heavy atom. The second-order valence-electron chi connectivity index (χ2n) is 8.56. The maximum atomic E-state index is 12.6. The first-order valence-corrected chi connectivity index (χ1v) is 11.7. The van der Waals surface area contributed by atoms with Gasteiger partial charge in [-0.1, -0.05) is 55.7 Å². The lowest BCUT2D eigenvalue weighted by Gasteiger charge is -2.15. The lowest BCUT2D eigenvalue weighted by molar-refractivity contribution is 0.1000. The second kappa shape index (κ2) is 11.1. The number of ether oxygens (including phenoxy) is 2. The summed E-state index contributed by atoms with van der Waals surface area (Å²) in [7, 11) is 3.29. The zero-order valence-electron chi connectivity index (χ0n) is 20.5. The van der Waals surface area contributed by atoms with Gasteiger partial charge in [0, 0.05) is 23.5 Å². The number of hydrogen-bond acceptors (Lipinski definition) is 3. The number of carbonyl (C=O) groups is 1. The minimum atomic E-state index is -0.371. The van der Waals surface area contributed by atoms with E-state index < -0.39 is 0 Å². The molecule has 3 aromatic rings. The molecule has 33 heavy (non-hydrogen) atoms. The first kappa shape index (κ1) is 24.4. The number of primary amides is 1. The van der Waals surface area contributed by atoms with Crippen molar-refractivity contribution in [3.05, 3.63) is 70.5 Å². The van der Waals surface area contributed by atoms with Crippen molar-refractivity contribution in [3.63, 3.8) is 0 Å². The fraction of sp³-hybridized carbons (Fsp3) is 0.393. The van der Waals surface area contributed by atoms with E-state index in [-0.39, 0.29) is 5.91 Å². The van der Waals surface area contributed by atoms with Gasteiger partial charge in [-0.05, 0) is 56.4 Å². The topological polar surface area (TPSA) is 66.5 Å². The highest BCUT2D eigenvalue weighted by Crippen LogP contribution is 2.35. The standard InChI is InChI=1S/C28H36N2O3/c1-6-7-8-9-23-27(22-13-10-19(2)11-14-22)26(28(29)31)20(3)30(23)17-16-21-12-15-24(32-4)25(18-21)33-5/h10-15,18H,6-9,16-17H2,1-5H3,(H2,29,31). The summed E-state index contributed by atoms with van der Waals surface area (Å²) >= 11 is 0. The predicted molar refractivity (Wildman–Crippen MR) is 134 cm³/mol. The molecule has 0 aliphatic carbocycles. The van der Waals surface area contributed by atoms with Crippen LogP contribution in [0.15, 0.2) is 42.5 Å². The second-order valence-corrected chi connectivity index (χ2v) is 8.56. The summed E-state index contributed by atoms with van der Waals surface area (Å²) in [5.41, 5.74) is 13.1. The normalized spacial score (nSPS) is 10.9. The largest absolute Gasteiger partial charge is 0.493 e. The Hall–Kier alpha value is -3.21. The quantitative estimate of drug-likeness (QED) is 0.373. The van der Waals surface area contributed by atoms with Crippen LogP contribution in [0, 0.1) is 13.8 Å². The summed E-state index contributed by atoms with van der Waals surface area (Å²) < 4.78 is 13.1. The van der Waals surface area contributed by atoms with E-state index in [1.807, 2.05) is 19.1 Å². The fourth-order valence-corrected chi connectivity index (χ4v) is 4.51. The van der Waals surface area contributed by atoms with Crippen molar-refractivity contribution in [1.29, 1.82) is 0 Å². The molecule has 0 radical (unpaired) electrons. The van der Waals surface area contributed by atoms with Gasteiger partial charge in [0.2, 0.25) is 0 Å². The van der Waals surface area contributed by atoms with E-state index in [1.54, 1.807) is 14.2 Å². The molecule has 0 saturated heterocycles. The zero-order valence-corrected chi connectivity index (χ0v) is 20.5. The van der Waals surface area contributed by atoms with E-state index in [0.717, 1.165) is 72.5 Å². The van der Waals surface area contributed by atoms with Gasteiger partial charge < -0.3 is 19.8 Å². The van der Waals surface area contributed by atoms with Crippen molar-refractivity contribution in [2.45, 2.75) is 59.4 Å². The van der Waals surface area contributed by atoms with Crippen molar-refractivity contribution in [3.8, 4) is 22.6 Å². The number of hydrogen-bond donors (Lipinski definition) is 1. The number of benzene rings is 2. The highest BCUT2D eigenvalue weighted by atomic mass is 16.5. The number of aryl methyl sites for hydroxylation is 2. The Labute approximate surface area is 197 Å². The monoisotopic (exact) mass is 448 g/mol. The molecule has 0 aliphatic heterocycles. The van der Waals surface area contributed by atoms with Gasteiger partial charge in [0.05, 0.1) is 19.8 Å². The van der Waals surface area contributed by atoms with E-state index in [1.165, 1.54) is 11.3 Å². The molecule has 5 nitrogen and oxygen atoms in total. The third-order valence-corrected chi connectivity index (χ3v) is 6.31. The predicted octanol–water partition coefficient (Wildman–Crippen LogP) is 5.86. The first-order chi connectivity index (χ1) is 15.9. The van der Waals surface area contributed by atoms with Gasteiger partial charge >= 0.3 is 0 Å². The number of carbonyl (C=O) groups excluding carboxylic acids is 1. The van der Waals surface area contributed by atoms with Gasteiger partial charge in [0.15, 0.2) is 11.5 Å². The molecule has 1 aromatic heterocycles. The van der Waals surface area contributed by atoms with E-state index in [9.17, 15) is 4.79 Å². The third kappa shape index (κ3) is 5.41. The highest BCUT2D eigenvalue weighted by molar-refractivity contribution is 6.02. The molecule has 2 N–H and O–H groups in total. The van der Waals surface area contributed by atoms with Crippen LogP contribution in [0.4, 0.5) is 0 Å². The number of aromatic nitrogens is 1. The minimum absolute atomic E-state index is 0.371. The molecule has 0 aliphatic rings. The van der Waals surface area contributed by atoms with Crippen LogP contribution < -0.4 is 15.2 Å². The van der Waals surface area contributed by atoms with Crippen LogP contribution in [0.5, 0.6) is 11.5 Å². The molecule has 1 amide bonds. The average Bonchev–Trinajstić information content (AvgIpc) is 3.09. The molecule has 0 bridgehead atoms. The van der Waals surface area contributed by atoms with Crippen molar-refractivity contribution in [2.75, 3.05) is 14.2 Å². The summed E-state index contributed by atoms with van der Waals surface area (Å²) in [5, 5.41) is 0. The number of unbranched alkanes of at least 4 members (excludes halogenated alkanes) is 2. The molecule has 0 unspecified atom stereocenters. The lowest BCUT2D eigenvalue weighted by atomic mass is 9.96. The zero-order chi connectivity index (χ0) is 24.0. The molecule has 3 rings (SSSR count). The molecule has 0 spiro atoms. The van der Waals surface area contributed by atoms with Gasteiger partial charge in [-0.15, -0.1) is 0 Å².